The summed E-state index contributed by atoms with van der Waals surface area (Å²) in [6.07, 6.45) is 0.833. The van der Waals surface area contributed by atoms with Crippen LogP contribution in [-0.4, -0.2) is 36.7 Å². The highest BCUT2D eigenvalue weighted by Gasteiger charge is 2.25. The predicted molar refractivity (Wildman–Crippen MR) is 92.6 cm³/mol. The summed E-state index contributed by atoms with van der Waals surface area (Å²) >= 11 is 0. The van der Waals surface area contributed by atoms with Gasteiger partial charge in [0.2, 0.25) is 0 Å². The summed E-state index contributed by atoms with van der Waals surface area (Å²) in [5.74, 6) is -0.517. The molecule has 0 aromatic heterocycles. The van der Waals surface area contributed by atoms with Crippen LogP contribution in [0.4, 0.5) is 5.69 Å². The van der Waals surface area contributed by atoms with Crippen molar-refractivity contribution < 1.29 is 24.2 Å². The van der Waals surface area contributed by atoms with Gasteiger partial charge in [0.25, 0.3) is 5.91 Å². The van der Waals surface area contributed by atoms with Gasteiger partial charge in [-0.2, -0.15) is 0 Å². The lowest BCUT2D eigenvalue weighted by molar-refractivity contribution is -0.139. The Balaban J connectivity index is 1.86. The molecule has 0 bridgehead atoms. The Morgan fingerprint density at radius 1 is 1.12 bits per heavy atom. The number of anilines is 1. The topological polar surface area (TPSA) is 76.1 Å². The minimum atomic E-state index is -1.07. The van der Waals surface area contributed by atoms with E-state index < -0.39 is 12.6 Å². The number of fused-ring (bicyclic) bond motifs is 1. The van der Waals surface area contributed by atoms with Gasteiger partial charge in [0.05, 0.1) is 6.61 Å². The second kappa shape index (κ2) is 7.25. The van der Waals surface area contributed by atoms with Gasteiger partial charge in [-0.15, -0.1) is 0 Å². The number of nitrogens with zero attached hydrogens (tertiary/aromatic N) is 1. The van der Waals surface area contributed by atoms with Crippen LogP contribution >= 0.6 is 0 Å². The standard InChI is InChI=1S/C19H19NO5/c1-2-24-17-11-14(7-8-16(17)25-12-18(21)22)19(23)20-10-9-13-5-3-4-6-15(13)20/h3-8,11H,2,9-10,12H2,1H3,(H,21,22). The molecule has 1 N–H and O–H groups in total. The molecule has 1 heterocycles. The molecule has 0 radical (unpaired) electrons. The van der Waals surface area contributed by atoms with Crippen LogP contribution in [0.25, 0.3) is 0 Å². The molecule has 0 fully saturated rings. The Bertz CT molecular complexity index is 802. The van der Waals surface area contributed by atoms with Gasteiger partial charge in [0.15, 0.2) is 18.1 Å². The molecule has 0 saturated heterocycles. The number of carbonyl (C=O) groups is 2. The number of benzene rings is 2. The fourth-order valence-electron chi connectivity index (χ4n) is 2.87. The quantitative estimate of drug-likeness (QED) is 0.874. The zero-order chi connectivity index (χ0) is 17.8. The molecular formula is C19H19NO5. The van der Waals surface area contributed by atoms with E-state index in [-0.39, 0.29) is 5.91 Å². The van der Waals surface area contributed by atoms with E-state index >= 15 is 0 Å². The summed E-state index contributed by atoms with van der Waals surface area (Å²) < 4.78 is 10.7. The second-order valence-electron chi connectivity index (χ2n) is 5.61. The maximum Gasteiger partial charge on any atom is 0.341 e. The van der Waals surface area contributed by atoms with Crippen molar-refractivity contribution in [3.8, 4) is 11.5 Å². The Labute approximate surface area is 145 Å². The van der Waals surface area contributed by atoms with Crippen LogP contribution in [0.5, 0.6) is 11.5 Å². The van der Waals surface area contributed by atoms with Gasteiger partial charge >= 0.3 is 5.97 Å². The van der Waals surface area contributed by atoms with Gasteiger partial charge in [0, 0.05) is 17.8 Å². The van der Waals surface area contributed by atoms with Crippen LogP contribution in [0.3, 0.4) is 0 Å². The maximum absolute atomic E-state index is 12.9. The fourth-order valence-corrected chi connectivity index (χ4v) is 2.87. The van der Waals surface area contributed by atoms with E-state index in [4.69, 9.17) is 14.6 Å². The van der Waals surface area contributed by atoms with Crippen molar-refractivity contribution in [2.45, 2.75) is 13.3 Å². The lowest BCUT2D eigenvalue weighted by Crippen LogP contribution is -2.28. The maximum atomic E-state index is 12.9. The van der Waals surface area contributed by atoms with Crippen molar-refractivity contribution in [1.29, 1.82) is 0 Å². The Morgan fingerprint density at radius 2 is 1.92 bits per heavy atom. The van der Waals surface area contributed by atoms with Crippen molar-refractivity contribution >= 4 is 17.6 Å². The first-order valence-electron chi connectivity index (χ1n) is 8.11. The monoisotopic (exact) mass is 341 g/mol. The zero-order valence-corrected chi connectivity index (χ0v) is 13.9. The molecule has 2 aromatic rings. The molecule has 130 valence electrons. The van der Waals surface area contributed by atoms with E-state index in [9.17, 15) is 9.59 Å². The average Bonchev–Trinajstić information content (AvgIpc) is 3.04. The van der Waals surface area contributed by atoms with E-state index in [1.165, 1.54) is 0 Å². The molecule has 25 heavy (non-hydrogen) atoms. The molecule has 2 aromatic carbocycles. The normalized spacial score (nSPS) is 12.6. The van der Waals surface area contributed by atoms with E-state index in [0.29, 0.717) is 30.2 Å². The third kappa shape index (κ3) is 3.57. The van der Waals surface area contributed by atoms with E-state index in [0.717, 1.165) is 17.7 Å². The molecule has 6 heteroatoms. The number of rotatable bonds is 6. The molecular weight excluding hydrogens is 322 g/mol. The molecule has 3 rings (SSSR count). The predicted octanol–water partition coefficient (Wildman–Crippen LogP) is 2.75. The number of carboxylic acids is 1. The molecule has 1 aliphatic heterocycles. The highest BCUT2D eigenvalue weighted by Crippen LogP contribution is 2.32. The van der Waals surface area contributed by atoms with Crippen LogP contribution in [0.1, 0.15) is 22.8 Å². The Kier molecular flexibility index (Phi) is 4.88. The van der Waals surface area contributed by atoms with E-state index in [1.807, 2.05) is 31.2 Å². The number of hydrogen-bond acceptors (Lipinski definition) is 4. The van der Waals surface area contributed by atoms with Gasteiger partial charge in [-0.05, 0) is 43.2 Å². The zero-order valence-electron chi connectivity index (χ0n) is 13.9. The van der Waals surface area contributed by atoms with E-state index in [1.54, 1.807) is 23.1 Å². The van der Waals surface area contributed by atoms with Gasteiger partial charge in [-0.3, -0.25) is 4.79 Å². The van der Waals surface area contributed by atoms with Crippen LogP contribution < -0.4 is 14.4 Å². The van der Waals surface area contributed by atoms with Crippen LogP contribution in [0.15, 0.2) is 42.5 Å². The highest BCUT2D eigenvalue weighted by molar-refractivity contribution is 6.07. The largest absolute Gasteiger partial charge is 0.490 e. The number of amides is 1. The first-order valence-corrected chi connectivity index (χ1v) is 8.11. The lowest BCUT2D eigenvalue weighted by Gasteiger charge is -2.18. The molecule has 6 nitrogen and oxygen atoms in total. The number of aliphatic carboxylic acids is 1. The van der Waals surface area contributed by atoms with Crippen LogP contribution in [-0.2, 0) is 11.2 Å². The van der Waals surface area contributed by atoms with Crippen molar-refractivity contribution in [2.24, 2.45) is 0 Å². The summed E-state index contributed by atoms with van der Waals surface area (Å²) in [6, 6.07) is 12.6. The summed E-state index contributed by atoms with van der Waals surface area (Å²) in [5.41, 5.74) is 2.56. The first-order chi connectivity index (χ1) is 12.1. The SMILES string of the molecule is CCOc1cc(C(=O)N2CCc3ccccc32)ccc1OCC(=O)O. The summed E-state index contributed by atoms with van der Waals surface area (Å²) in [5, 5.41) is 8.75. The molecule has 0 aliphatic carbocycles. The van der Waals surface area contributed by atoms with Crippen molar-refractivity contribution in [2.75, 3.05) is 24.7 Å². The van der Waals surface area contributed by atoms with Crippen LogP contribution in [0, 0.1) is 0 Å². The Morgan fingerprint density at radius 3 is 2.68 bits per heavy atom. The second-order valence-corrected chi connectivity index (χ2v) is 5.61. The number of carboxylic acid groups (broad SMARTS) is 1. The Hall–Kier alpha value is -3.02. The van der Waals surface area contributed by atoms with Crippen molar-refractivity contribution in [3.05, 3.63) is 53.6 Å². The van der Waals surface area contributed by atoms with Gasteiger partial charge in [0.1, 0.15) is 0 Å². The molecule has 0 spiro atoms. The molecule has 1 aliphatic rings. The third-order valence-electron chi connectivity index (χ3n) is 3.97. The van der Waals surface area contributed by atoms with Crippen molar-refractivity contribution in [3.63, 3.8) is 0 Å². The smallest absolute Gasteiger partial charge is 0.341 e. The van der Waals surface area contributed by atoms with Crippen molar-refractivity contribution in [1.82, 2.24) is 0 Å². The van der Waals surface area contributed by atoms with Crippen LogP contribution in [0.2, 0.25) is 0 Å². The fraction of sp³-hybridized carbons (Fsp3) is 0.263. The highest BCUT2D eigenvalue weighted by atomic mass is 16.5. The van der Waals surface area contributed by atoms with E-state index in [2.05, 4.69) is 0 Å². The van der Waals surface area contributed by atoms with Gasteiger partial charge in [-0.1, -0.05) is 18.2 Å². The molecule has 0 atom stereocenters. The molecule has 0 unspecified atom stereocenters. The third-order valence-corrected chi connectivity index (χ3v) is 3.97. The molecule has 0 saturated carbocycles. The lowest BCUT2D eigenvalue weighted by atomic mass is 10.1. The molecule has 1 amide bonds. The average molecular weight is 341 g/mol. The van der Waals surface area contributed by atoms with Gasteiger partial charge in [-0.25, -0.2) is 4.79 Å². The first kappa shape index (κ1) is 16.8. The van der Waals surface area contributed by atoms with Gasteiger partial charge < -0.3 is 19.5 Å². The summed E-state index contributed by atoms with van der Waals surface area (Å²) in [7, 11) is 0. The number of para-hydroxylation sites is 1. The number of ether oxygens (including phenoxy) is 2. The summed E-state index contributed by atoms with van der Waals surface area (Å²) in [4.78, 5) is 25.3. The number of hydrogen-bond donors (Lipinski definition) is 1. The number of carbonyl (C=O) groups excluding carboxylic acids is 1. The summed E-state index contributed by atoms with van der Waals surface area (Å²) in [6.45, 7) is 2.37. The minimum Gasteiger partial charge on any atom is -0.490 e. The minimum absolute atomic E-state index is 0.115.